The van der Waals surface area contributed by atoms with Crippen LogP contribution in [0.3, 0.4) is 0 Å². The van der Waals surface area contributed by atoms with Crippen molar-refractivity contribution >= 4 is 0 Å². The maximum absolute atomic E-state index is 7.00. The summed E-state index contributed by atoms with van der Waals surface area (Å²) >= 11 is 0. The molecule has 0 amide bonds. The molecule has 0 saturated heterocycles. The van der Waals surface area contributed by atoms with Gasteiger partial charge in [0.25, 0.3) is 0 Å². The van der Waals surface area contributed by atoms with Crippen LogP contribution in [0.25, 0.3) is 0 Å². The molecule has 6 heavy (non-hydrogen) atoms. The normalized spacial score (nSPS) is 4.00. The predicted octanol–water partition coefficient (Wildman–Crippen LogP) is -2.16. The summed E-state index contributed by atoms with van der Waals surface area (Å²) in [7, 11) is 1.00. The first kappa shape index (κ1) is 15.8. The maximum Gasteiger partial charge on any atom is 1.00 e. The van der Waals surface area contributed by atoms with Gasteiger partial charge in [0.2, 0.25) is 0 Å². The summed E-state index contributed by atoms with van der Waals surface area (Å²) in [6.45, 7) is 4.00. The van der Waals surface area contributed by atoms with Crippen LogP contribution in [-0.4, -0.2) is 12.2 Å². The van der Waals surface area contributed by atoms with Crippen molar-refractivity contribution in [3.63, 3.8) is 0 Å². The smallest absolute Gasteiger partial charge is 0.400 e. The molecule has 0 unspecified atom stereocenters. The van der Waals surface area contributed by atoms with Gasteiger partial charge in [-0.1, -0.05) is 0 Å². The van der Waals surface area contributed by atoms with Crippen LogP contribution in [0, 0.1) is 6.42 Å². The Bertz CT molecular complexity index is 7.51. The average molecular weight is 98.1 g/mol. The monoisotopic (exact) mass is 98.1 g/mol. The largest absolute Gasteiger partial charge is 1.00 e. The third-order valence-electron chi connectivity index (χ3n) is 0. The molecule has 0 heterocycles. The summed E-state index contributed by atoms with van der Waals surface area (Å²) in [5, 5.41) is 7.00. The van der Waals surface area contributed by atoms with Gasteiger partial charge in [0, 0.05) is 7.11 Å². The van der Waals surface area contributed by atoms with E-state index in [2.05, 4.69) is 0 Å². The van der Waals surface area contributed by atoms with E-state index in [4.69, 9.17) is 5.11 Å². The van der Waals surface area contributed by atoms with Gasteiger partial charge < -0.3 is 11.5 Å². The molecule has 0 atom stereocenters. The standard InChI is InChI=1S/C3H7.CH4O.Na/c1-3-2;1-2;/h3H,1-2H3;2H,1H3;/q-1;;+1. The van der Waals surface area contributed by atoms with Gasteiger partial charge in [0.15, 0.2) is 0 Å². The number of hydrogen-bond acceptors (Lipinski definition) is 1. The predicted molar refractivity (Wildman–Crippen MR) is 23.8 cm³/mol. The minimum Gasteiger partial charge on any atom is -0.400 e. The average Bonchev–Trinajstić information content (AvgIpc) is 1.46. The zero-order valence-electron chi connectivity index (χ0n) is 5.02. The van der Waals surface area contributed by atoms with E-state index in [1.54, 1.807) is 0 Å². The Balaban J connectivity index is -0.0000000275. The van der Waals surface area contributed by atoms with Crippen LogP contribution >= 0.6 is 0 Å². The second-order valence-electron chi connectivity index (χ2n) is 0.577. The number of aliphatic hydroxyl groups is 1. The van der Waals surface area contributed by atoms with Crippen LogP contribution in [-0.2, 0) is 0 Å². The van der Waals surface area contributed by atoms with Crippen LogP contribution in [0.2, 0.25) is 0 Å². The molecule has 0 aromatic heterocycles. The second kappa shape index (κ2) is 38.2. The quantitative estimate of drug-likeness (QED) is 0.270. The molecule has 0 aliphatic rings. The number of hydrogen-bond donors (Lipinski definition) is 1. The fraction of sp³-hybridized carbons (Fsp3) is 0.750. The van der Waals surface area contributed by atoms with Crippen molar-refractivity contribution in [3.8, 4) is 0 Å². The zero-order valence-corrected chi connectivity index (χ0v) is 7.02. The van der Waals surface area contributed by atoms with Crippen molar-refractivity contribution in [2.24, 2.45) is 0 Å². The van der Waals surface area contributed by atoms with Gasteiger partial charge in [-0.25, -0.2) is 0 Å². The molecule has 34 valence electrons. The van der Waals surface area contributed by atoms with Gasteiger partial charge in [0.05, 0.1) is 0 Å². The summed E-state index contributed by atoms with van der Waals surface area (Å²) < 4.78 is 0. The third kappa shape index (κ3) is 84.4. The SMILES string of the molecule is CO.C[CH-]C.[Na+]. The first-order valence-corrected chi connectivity index (χ1v) is 1.60. The first-order valence-electron chi connectivity index (χ1n) is 1.60. The molecule has 0 spiro atoms. The Morgan fingerprint density at radius 2 is 1.17 bits per heavy atom. The molecule has 0 aromatic rings. The Kier molecular flexibility index (Phi) is 100. The summed E-state index contributed by atoms with van der Waals surface area (Å²) in [4.78, 5) is 0. The van der Waals surface area contributed by atoms with E-state index in [-0.39, 0.29) is 29.6 Å². The van der Waals surface area contributed by atoms with Crippen molar-refractivity contribution in [2.75, 3.05) is 7.11 Å². The number of rotatable bonds is 0. The summed E-state index contributed by atoms with van der Waals surface area (Å²) in [6.07, 6.45) is 2.00. The molecule has 0 fully saturated rings. The molecule has 0 rings (SSSR count). The Morgan fingerprint density at radius 1 is 1.17 bits per heavy atom. The van der Waals surface area contributed by atoms with Crippen molar-refractivity contribution < 1.29 is 34.7 Å². The molecule has 0 bridgehead atoms. The van der Waals surface area contributed by atoms with Crippen molar-refractivity contribution in [1.29, 1.82) is 0 Å². The van der Waals surface area contributed by atoms with Crippen molar-refractivity contribution in [2.45, 2.75) is 13.8 Å². The molecule has 2 heteroatoms. The molecular weight excluding hydrogens is 87.0 g/mol. The summed E-state index contributed by atoms with van der Waals surface area (Å²) in [5.74, 6) is 0. The summed E-state index contributed by atoms with van der Waals surface area (Å²) in [6, 6.07) is 0. The third-order valence-corrected chi connectivity index (χ3v) is 0. The van der Waals surface area contributed by atoms with E-state index < -0.39 is 0 Å². The molecule has 0 radical (unpaired) electrons. The van der Waals surface area contributed by atoms with Crippen molar-refractivity contribution in [1.82, 2.24) is 0 Å². The van der Waals surface area contributed by atoms with E-state index in [0.717, 1.165) is 7.11 Å². The zero-order chi connectivity index (χ0) is 4.71. The van der Waals surface area contributed by atoms with Gasteiger partial charge in [-0.05, 0) is 0 Å². The number of aliphatic hydroxyl groups excluding tert-OH is 1. The Hall–Kier alpha value is 0.960. The summed E-state index contributed by atoms with van der Waals surface area (Å²) in [5.41, 5.74) is 0. The van der Waals surface area contributed by atoms with Crippen LogP contribution in [0.15, 0.2) is 0 Å². The van der Waals surface area contributed by atoms with E-state index in [1.807, 2.05) is 20.3 Å². The molecule has 1 N–H and O–H groups in total. The van der Waals surface area contributed by atoms with Crippen LogP contribution < -0.4 is 29.6 Å². The van der Waals surface area contributed by atoms with Gasteiger partial charge in [0.1, 0.15) is 0 Å². The minimum absolute atomic E-state index is 0. The minimum atomic E-state index is 0. The van der Waals surface area contributed by atoms with Crippen LogP contribution in [0.5, 0.6) is 0 Å². The van der Waals surface area contributed by atoms with Crippen LogP contribution in [0.1, 0.15) is 13.8 Å². The van der Waals surface area contributed by atoms with E-state index >= 15 is 0 Å². The van der Waals surface area contributed by atoms with Crippen molar-refractivity contribution in [3.05, 3.63) is 6.42 Å². The molecule has 1 nitrogen and oxygen atoms in total. The molecule has 0 aliphatic heterocycles. The Labute approximate surface area is 62.0 Å². The fourth-order valence-corrected chi connectivity index (χ4v) is 0. The van der Waals surface area contributed by atoms with E-state index in [1.165, 1.54) is 0 Å². The Morgan fingerprint density at radius 3 is 1.17 bits per heavy atom. The first-order chi connectivity index (χ1) is 2.41. The second-order valence-corrected chi connectivity index (χ2v) is 0.577. The molecule has 0 aromatic carbocycles. The topological polar surface area (TPSA) is 20.2 Å². The molecular formula is C4H11NaO. The van der Waals surface area contributed by atoms with Gasteiger partial charge in [-0.3, -0.25) is 0 Å². The van der Waals surface area contributed by atoms with Gasteiger partial charge in [-0.15, -0.1) is 0 Å². The van der Waals surface area contributed by atoms with Gasteiger partial charge >= 0.3 is 29.6 Å². The maximum atomic E-state index is 7.00. The van der Waals surface area contributed by atoms with E-state index in [0.29, 0.717) is 0 Å². The molecule has 0 aliphatic carbocycles. The van der Waals surface area contributed by atoms with E-state index in [9.17, 15) is 0 Å². The van der Waals surface area contributed by atoms with Gasteiger partial charge in [-0.2, -0.15) is 13.8 Å². The molecule has 0 saturated carbocycles. The van der Waals surface area contributed by atoms with Crippen LogP contribution in [0.4, 0.5) is 0 Å². The fourth-order valence-electron chi connectivity index (χ4n) is 0.